The van der Waals surface area contributed by atoms with Crippen LogP contribution in [0.25, 0.3) is 6.08 Å². The van der Waals surface area contributed by atoms with Crippen molar-refractivity contribution in [2.45, 2.75) is 6.54 Å². The number of hydrogen-bond acceptors (Lipinski definition) is 3. The SMILES string of the molecule is O=C1NC(=S)N(Cc2ccccc2)/C1=C/c1cccc(Oc2ccccc2)c1. The van der Waals surface area contributed by atoms with E-state index in [9.17, 15) is 4.79 Å². The molecule has 1 N–H and O–H groups in total. The smallest absolute Gasteiger partial charge is 0.274 e. The summed E-state index contributed by atoms with van der Waals surface area (Å²) in [7, 11) is 0. The Balaban J connectivity index is 1.60. The Hall–Kier alpha value is -3.44. The Morgan fingerprint density at radius 1 is 0.893 bits per heavy atom. The molecule has 0 saturated carbocycles. The maximum atomic E-state index is 12.4. The van der Waals surface area contributed by atoms with Crippen molar-refractivity contribution in [3.8, 4) is 11.5 Å². The Morgan fingerprint density at radius 2 is 1.57 bits per heavy atom. The van der Waals surface area contributed by atoms with Gasteiger partial charge in [0.25, 0.3) is 5.91 Å². The number of nitrogens with zero attached hydrogens (tertiary/aromatic N) is 1. The molecule has 4 rings (SSSR count). The van der Waals surface area contributed by atoms with E-state index in [1.807, 2.05) is 95.9 Å². The summed E-state index contributed by atoms with van der Waals surface area (Å²) in [6, 6.07) is 27.1. The second kappa shape index (κ2) is 8.06. The van der Waals surface area contributed by atoms with Crippen LogP contribution in [0.5, 0.6) is 11.5 Å². The summed E-state index contributed by atoms with van der Waals surface area (Å²) >= 11 is 5.35. The van der Waals surface area contributed by atoms with Gasteiger partial charge in [-0.3, -0.25) is 10.1 Å². The van der Waals surface area contributed by atoms with Crippen molar-refractivity contribution in [3.05, 3.63) is 102 Å². The zero-order chi connectivity index (χ0) is 19.3. The van der Waals surface area contributed by atoms with Crippen molar-refractivity contribution < 1.29 is 9.53 Å². The molecular formula is C23H18N2O2S. The van der Waals surface area contributed by atoms with Crippen LogP contribution in [0.4, 0.5) is 0 Å². The van der Waals surface area contributed by atoms with Crippen molar-refractivity contribution >= 4 is 29.3 Å². The van der Waals surface area contributed by atoms with Gasteiger partial charge in [0.05, 0.1) is 6.54 Å². The Labute approximate surface area is 169 Å². The molecule has 0 aliphatic carbocycles. The van der Waals surface area contributed by atoms with Crippen LogP contribution < -0.4 is 10.1 Å². The number of para-hydroxylation sites is 1. The lowest BCUT2D eigenvalue weighted by atomic mass is 10.1. The zero-order valence-corrected chi connectivity index (χ0v) is 15.9. The van der Waals surface area contributed by atoms with Crippen molar-refractivity contribution in [2.24, 2.45) is 0 Å². The quantitative estimate of drug-likeness (QED) is 0.508. The highest BCUT2D eigenvalue weighted by atomic mass is 32.1. The zero-order valence-electron chi connectivity index (χ0n) is 15.0. The maximum Gasteiger partial charge on any atom is 0.274 e. The van der Waals surface area contributed by atoms with Crippen molar-refractivity contribution in [3.63, 3.8) is 0 Å². The highest BCUT2D eigenvalue weighted by molar-refractivity contribution is 7.80. The summed E-state index contributed by atoms with van der Waals surface area (Å²) in [6.07, 6.45) is 1.83. The molecule has 138 valence electrons. The third kappa shape index (κ3) is 4.10. The van der Waals surface area contributed by atoms with E-state index >= 15 is 0 Å². The predicted molar refractivity (Wildman–Crippen MR) is 114 cm³/mol. The Morgan fingerprint density at radius 3 is 2.32 bits per heavy atom. The Kier molecular flexibility index (Phi) is 5.17. The first-order valence-electron chi connectivity index (χ1n) is 8.90. The minimum absolute atomic E-state index is 0.199. The van der Waals surface area contributed by atoms with Gasteiger partial charge in [-0.2, -0.15) is 0 Å². The third-order valence-corrected chi connectivity index (χ3v) is 4.64. The molecule has 1 aliphatic heterocycles. The minimum atomic E-state index is -0.199. The van der Waals surface area contributed by atoms with Crippen molar-refractivity contribution in [1.29, 1.82) is 0 Å². The summed E-state index contributed by atoms with van der Waals surface area (Å²) in [6.45, 7) is 0.532. The topological polar surface area (TPSA) is 41.6 Å². The van der Waals surface area contributed by atoms with E-state index in [2.05, 4.69) is 5.32 Å². The van der Waals surface area contributed by atoms with Gasteiger partial charge in [-0.15, -0.1) is 0 Å². The number of hydrogen-bond donors (Lipinski definition) is 1. The van der Waals surface area contributed by atoms with Gasteiger partial charge in [-0.25, -0.2) is 0 Å². The summed E-state index contributed by atoms with van der Waals surface area (Å²) < 4.78 is 5.88. The van der Waals surface area contributed by atoms with E-state index in [0.29, 0.717) is 23.1 Å². The molecule has 3 aromatic carbocycles. The number of carbonyl (C=O) groups excluding carboxylic acids is 1. The van der Waals surface area contributed by atoms with Crippen LogP contribution in [0.1, 0.15) is 11.1 Å². The van der Waals surface area contributed by atoms with Crippen LogP contribution in [0, 0.1) is 0 Å². The van der Waals surface area contributed by atoms with Gasteiger partial charge in [-0.1, -0.05) is 60.7 Å². The average Bonchev–Trinajstić information content (AvgIpc) is 2.97. The first-order chi connectivity index (χ1) is 13.7. The molecular weight excluding hydrogens is 368 g/mol. The molecule has 1 aliphatic rings. The van der Waals surface area contributed by atoms with E-state index in [1.165, 1.54) is 0 Å². The second-order valence-electron chi connectivity index (χ2n) is 6.35. The van der Waals surface area contributed by atoms with Gasteiger partial charge in [-0.05, 0) is 53.7 Å². The molecule has 1 saturated heterocycles. The van der Waals surface area contributed by atoms with E-state index in [4.69, 9.17) is 17.0 Å². The molecule has 0 radical (unpaired) electrons. The summed E-state index contributed by atoms with van der Waals surface area (Å²) in [4.78, 5) is 14.2. The second-order valence-corrected chi connectivity index (χ2v) is 6.73. The van der Waals surface area contributed by atoms with Gasteiger partial charge in [0.1, 0.15) is 17.2 Å². The first-order valence-corrected chi connectivity index (χ1v) is 9.31. The molecule has 4 nitrogen and oxygen atoms in total. The number of nitrogens with one attached hydrogen (secondary N) is 1. The monoisotopic (exact) mass is 386 g/mol. The lowest BCUT2D eigenvalue weighted by molar-refractivity contribution is -0.115. The fourth-order valence-corrected chi connectivity index (χ4v) is 3.23. The van der Waals surface area contributed by atoms with Gasteiger partial charge in [0, 0.05) is 0 Å². The minimum Gasteiger partial charge on any atom is -0.457 e. The lowest BCUT2D eigenvalue weighted by Gasteiger charge is -2.17. The van der Waals surface area contributed by atoms with Crippen molar-refractivity contribution in [1.82, 2.24) is 10.2 Å². The van der Waals surface area contributed by atoms with Crippen LogP contribution in [0.2, 0.25) is 0 Å². The molecule has 0 spiro atoms. The number of ether oxygens (including phenoxy) is 1. The highest BCUT2D eigenvalue weighted by Crippen LogP contribution is 2.25. The summed E-state index contributed by atoms with van der Waals surface area (Å²) in [5, 5.41) is 3.14. The van der Waals surface area contributed by atoms with Crippen LogP contribution in [-0.4, -0.2) is 15.9 Å². The predicted octanol–water partition coefficient (Wildman–Crippen LogP) is 4.74. The Bertz CT molecular complexity index is 1030. The van der Waals surface area contributed by atoms with Gasteiger partial charge in [0.2, 0.25) is 0 Å². The van der Waals surface area contributed by atoms with Crippen LogP contribution >= 0.6 is 12.2 Å². The molecule has 5 heteroatoms. The summed E-state index contributed by atoms with van der Waals surface area (Å²) in [5.74, 6) is 1.27. The largest absolute Gasteiger partial charge is 0.457 e. The van der Waals surface area contributed by atoms with Gasteiger partial charge >= 0.3 is 0 Å². The highest BCUT2D eigenvalue weighted by Gasteiger charge is 2.29. The van der Waals surface area contributed by atoms with Crippen LogP contribution in [0.3, 0.4) is 0 Å². The lowest BCUT2D eigenvalue weighted by Crippen LogP contribution is -2.26. The van der Waals surface area contributed by atoms with Crippen molar-refractivity contribution in [2.75, 3.05) is 0 Å². The number of rotatable bonds is 5. The molecule has 0 bridgehead atoms. The molecule has 28 heavy (non-hydrogen) atoms. The van der Waals surface area contributed by atoms with Gasteiger partial charge < -0.3 is 9.64 Å². The molecule has 0 unspecified atom stereocenters. The van der Waals surface area contributed by atoms with Crippen LogP contribution in [0.15, 0.2) is 90.6 Å². The summed E-state index contributed by atoms with van der Waals surface area (Å²) in [5.41, 5.74) is 2.46. The van der Waals surface area contributed by atoms with Gasteiger partial charge in [0.15, 0.2) is 5.11 Å². The first kappa shape index (κ1) is 17.9. The standard InChI is InChI=1S/C23H18N2O2S/c26-22-21(25(23(28)24-22)16-17-8-3-1-4-9-17)15-18-10-7-13-20(14-18)27-19-11-5-2-6-12-19/h1-15H,16H2,(H,24,26,28)/b21-15+. The number of amides is 1. The molecule has 1 heterocycles. The molecule has 3 aromatic rings. The normalized spacial score (nSPS) is 15.0. The number of thiocarbonyl (C=S) groups is 1. The van der Waals surface area contributed by atoms with E-state index in [1.54, 1.807) is 0 Å². The fourth-order valence-electron chi connectivity index (χ4n) is 2.98. The van der Waals surface area contributed by atoms with E-state index in [-0.39, 0.29) is 5.91 Å². The van der Waals surface area contributed by atoms with E-state index in [0.717, 1.165) is 16.9 Å². The number of benzene rings is 3. The van der Waals surface area contributed by atoms with Crippen LogP contribution in [-0.2, 0) is 11.3 Å². The molecule has 0 atom stereocenters. The maximum absolute atomic E-state index is 12.4. The molecule has 1 fully saturated rings. The van der Waals surface area contributed by atoms with E-state index < -0.39 is 0 Å². The third-order valence-electron chi connectivity index (χ3n) is 4.31. The average molecular weight is 386 g/mol. The molecule has 0 aromatic heterocycles. The molecule has 1 amide bonds. The number of carbonyl (C=O) groups is 1. The fraction of sp³-hybridized carbons (Fsp3) is 0.0435.